The smallest absolute Gasteiger partial charge is 0.277 e. The van der Waals surface area contributed by atoms with Gasteiger partial charge in [-0.15, -0.1) is 10.2 Å². The number of nitrogens with one attached hydrogen (secondary N) is 1. The lowest BCUT2D eigenvalue weighted by molar-refractivity contribution is 0.102. The first-order valence-electron chi connectivity index (χ1n) is 8.41. The molecule has 9 heteroatoms. The number of aromatic nitrogens is 4. The van der Waals surface area contributed by atoms with E-state index in [1.165, 1.54) is 23.5 Å². The molecule has 28 heavy (non-hydrogen) atoms. The number of thioether (sulfide) groups is 2. The van der Waals surface area contributed by atoms with Crippen LogP contribution in [-0.2, 0) is 5.75 Å². The van der Waals surface area contributed by atoms with Gasteiger partial charge in [0.05, 0.1) is 29.6 Å². The number of carbonyl (C=O) groups excluding carboxylic acids is 1. The van der Waals surface area contributed by atoms with Crippen molar-refractivity contribution in [1.82, 2.24) is 20.2 Å². The number of carbonyl (C=O) groups is 1. The van der Waals surface area contributed by atoms with E-state index >= 15 is 0 Å². The Labute approximate surface area is 169 Å². The fraction of sp³-hybridized carbons (Fsp3) is 0.158. The standard InChI is InChI=1S/C19H16N4O3S2/c1-25-13-8-6-12(7-9-13)16(24)10-28-19-23-22-17(26-19)11-27-18-20-14-4-2-3-5-15(14)21-18/h2-9H,10-11H2,1H3,(H,20,21). The van der Waals surface area contributed by atoms with Gasteiger partial charge in [-0.05, 0) is 36.4 Å². The molecule has 2 aromatic carbocycles. The van der Waals surface area contributed by atoms with Gasteiger partial charge < -0.3 is 14.1 Å². The molecule has 0 atom stereocenters. The molecule has 0 spiro atoms. The number of ketones is 1. The molecule has 2 aromatic heterocycles. The van der Waals surface area contributed by atoms with E-state index < -0.39 is 0 Å². The van der Waals surface area contributed by atoms with Gasteiger partial charge in [-0.1, -0.05) is 35.7 Å². The minimum atomic E-state index is -0.0101. The Bertz CT molecular complexity index is 1060. The molecule has 0 saturated carbocycles. The summed E-state index contributed by atoms with van der Waals surface area (Å²) >= 11 is 2.71. The number of benzene rings is 2. The monoisotopic (exact) mass is 412 g/mol. The van der Waals surface area contributed by atoms with Crippen LogP contribution in [0.2, 0.25) is 0 Å². The highest BCUT2D eigenvalue weighted by Gasteiger charge is 2.12. The number of rotatable bonds is 8. The van der Waals surface area contributed by atoms with Crippen molar-refractivity contribution in [1.29, 1.82) is 0 Å². The van der Waals surface area contributed by atoms with E-state index in [1.54, 1.807) is 31.4 Å². The minimum absolute atomic E-state index is 0.0101. The van der Waals surface area contributed by atoms with Gasteiger partial charge in [0.15, 0.2) is 10.9 Å². The molecule has 0 aliphatic rings. The first-order valence-corrected chi connectivity index (χ1v) is 10.4. The quantitative estimate of drug-likeness (QED) is 0.340. The summed E-state index contributed by atoms with van der Waals surface area (Å²) in [6.45, 7) is 0. The zero-order valence-electron chi connectivity index (χ0n) is 14.9. The summed E-state index contributed by atoms with van der Waals surface area (Å²) in [5.74, 6) is 1.92. The average Bonchev–Trinajstić information content (AvgIpc) is 3.36. The number of H-pyrrole nitrogens is 1. The van der Waals surface area contributed by atoms with Gasteiger partial charge in [-0.3, -0.25) is 4.79 Å². The van der Waals surface area contributed by atoms with E-state index in [1.807, 2.05) is 24.3 Å². The van der Waals surface area contributed by atoms with Crippen molar-refractivity contribution in [3.8, 4) is 5.75 Å². The number of aromatic amines is 1. The molecule has 4 aromatic rings. The van der Waals surface area contributed by atoms with Crippen molar-refractivity contribution in [2.45, 2.75) is 16.1 Å². The van der Waals surface area contributed by atoms with Crippen LogP contribution < -0.4 is 4.74 Å². The van der Waals surface area contributed by atoms with Gasteiger partial charge >= 0.3 is 0 Å². The Morgan fingerprint density at radius 3 is 2.71 bits per heavy atom. The van der Waals surface area contributed by atoms with Gasteiger partial charge in [0.2, 0.25) is 5.89 Å². The summed E-state index contributed by atoms with van der Waals surface area (Å²) in [6, 6.07) is 14.9. The zero-order valence-corrected chi connectivity index (χ0v) is 16.5. The van der Waals surface area contributed by atoms with Gasteiger partial charge in [0, 0.05) is 5.56 Å². The molecule has 0 radical (unpaired) electrons. The maximum absolute atomic E-state index is 12.3. The lowest BCUT2D eigenvalue weighted by Gasteiger charge is -2.01. The third-order valence-corrected chi connectivity index (χ3v) is 5.56. The number of methoxy groups -OCH3 is 1. The molecular weight excluding hydrogens is 396 g/mol. The molecule has 4 rings (SSSR count). The third kappa shape index (κ3) is 4.37. The van der Waals surface area contributed by atoms with Gasteiger partial charge in [0.1, 0.15) is 5.75 Å². The molecule has 0 amide bonds. The Morgan fingerprint density at radius 1 is 1.11 bits per heavy atom. The number of ether oxygens (including phenoxy) is 1. The molecule has 0 fully saturated rings. The zero-order chi connectivity index (χ0) is 19.3. The Hall–Kier alpha value is -2.78. The third-order valence-electron chi connectivity index (χ3n) is 3.89. The molecule has 142 valence electrons. The Morgan fingerprint density at radius 2 is 1.93 bits per heavy atom. The second kappa shape index (κ2) is 8.49. The number of hydrogen-bond acceptors (Lipinski definition) is 8. The van der Waals surface area contributed by atoms with Crippen LogP contribution in [0.3, 0.4) is 0 Å². The molecule has 0 aliphatic carbocycles. The Balaban J connectivity index is 1.30. The second-order valence-corrected chi connectivity index (χ2v) is 7.64. The predicted molar refractivity (Wildman–Crippen MR) is 108 cm³/mol. The number of nitrogens with zero attached hydrogens (tertiary/aromatic N) is 3. The maximum atomic E-state index is 12.3. The van der Waals surface area contributed by atoms with Crippen molar-refractivity contribution in [3.63, 3.8) is 0 Å². The SMILES string of the molecule is COc1ccc(C(=O)CSc2nnc(CSc3nc4ccccc4[nH]3)o2)cc1. The first-order chi connectivity index (χ1) is 13.7. The van der Waals surface area contributed by atoms with Crippen LogP contribution in [0.15, 0.2) is 63.3 Å². The lowest BCUT2D eigenvalue weighted by Crippen LogP contribution is -2.02. The summed E-state index contributed by atoms with van der Waals surface area (Å²) in [4.78, 5) is 20.0. The lowest BCUT2D eigenvalue weighted by atomic mass is 10.1. The van der Waals surface area contributed by atoms with Crippen LogP contribution in [0.1, 0.15) is 16.2 Å². The van der Waals surface area contributed by atoms with Crippen LogP contribution >= 0.6 is 23.5 Å². The molecular formula is C19H16N4O3S2. The number of fused-ring (bicyclic) bond motifs is 1. The van der Waals surface area contributed by atoms with E-state index in [4.69, 9.17) is 9.15 Å². The van der Waals surface area contributed by atoms with Crippen LogP contribution in [0.5, 0.6) is 5.75 Å². The fourth-order valence-electron chi connectivity index (χ4n) is 2.47. The number of hydrogen-bond donors (Lipinski definition) is 1. The molecule has 1 N–H and O–H groups in total. The summed E-state index contributed by atoms with van der Waals surface area (Å²) in [7, 11) is 1.59. The molecule has 7 nitrogen and oxygen atoms in total. The molecule has 2 heterocycles. The summed E-state index contributed by atoms with van der Waals surface area (Å²) in [6.07, 6.45) is 0. The molecule has 0 unspecified atom stereocenters. The van der Waals surface area contributed by atoms with E-state index in [0.717, 1.165) is 16.2 Å². The largest absolute Gasteiger partial charge is 0.497 e. The summed E-state index contributed by atoms with van der Waals surface area (Å²) in [5.41, 5.74) is 2.53. The molecule has 0 bridgehead atoms. The normalized spacial score (nSPS) is 11.0. The highest BCUT2D eigenvalue weighted by atomic mass is 32.2. The van der Waals surface area contributed by atoms with Crippen LogP contribution in [0.4, 0.5) is 0 Å². The van der Waals surface area contributed by atoms with E-state index in [9.17, 15) is 4.79 Å². The average molecular weight is 412 g/mol. The second-order valence-electron chi connectivity index (χ2n) is 5.75. The van der Waals surface area contributed by atoms with E-state index in [0.29, 0.717) is 28.2 Å². The van der Waals surface area contributed by atoms with Crippen molar-refractivity contribution < 1.29 is 13.9 Å². The topological polar surface area (TPSA) is 93.9 Å². The van der Waals surface area contributed by atoms with Crippen molar-refractivity contribution in [3.05, 3.63) is 60.0 Å². The number of Topliss-reactive ketones (excluding diaryl/α,β-unsaturated/α-hetero) is 1. The van der Waals surface area contributed by atoms with Gasteiger partial charge in [0.25, 0.3) is 5.22 Å². The van der Waals surface area contributed by atoms with Crippen LogP contribution in [0, 0.1) is 0 Å². The van der Waals surface area contributed by atoms with Crippen molar-refractivity contribution >= 4 is 40.3 Å². The van der Waals surface area contributed by atoms with Gasteiger partial charge in [-0.25, -0.2) is 4.98 Å². The summed E-state index contributed by atoms with van der Waals surface area (Å²) in [5, 5.41) is 9.20. The number of para-hydroxylation sites is 2. The maximum Gasteiger partial charge on any atom is 0.277 e. The van der Waals surface area contributed by atoms with Crippen molar-refractivity contribution in [2.24, 2.45) is 0 Å². The van der Waals surface area contributed by atoms with Crippen LogP contribution in [-0.4, -0.2) is 38.8 Å². The van der Waals surface area contributed by atoms with Crippen LogP contribution in [0.25, 0.3) is 11.0 Å². The van der Waals surface area contributed by atoms with Crippen molar-refractivity contribution in [2.75, 3.05) is 12.9 Å². The van der Waals surface area contributed by atoms with E-state index in [-0.39, 0.29) is 11.5 Å². The van der Waals surface area contributed by atoms with E-state index in [2.05, 4.69) is 20.2 Å². The molecule has 0 saturated heterocycles. The highest BCUT2D eigenvalue weighted by Crippen LogP contribution is 2.24. The van der Waals surface area contributed by atoms with Gasteiger partial charge in [-0.2, -0.15) is 0 Å². The predicted octanol–water partition coefficient (Wildman–Crippen LogP) is 4.22. The highest BCUT2D eigenvalue weighted by molar-refractivity contribution is 7.99. The first kappa shape index (κ1) is 18.6. The minimum Gasteiger partial charge on any atom is -0.497 e. The number of imidazole rings is 1. The summed E-state index contributed by atoms with van der Waals surface area (Å²) < 4.78 is 10.7. The molecule has 0 aliphatic heterocycles. The fourth-order valence-corrected chi connectivity index (χ4v) is 3.87. The Kier molecular flexibility index (Phi) is 5.63.